The van der Waals surface area contributed by atoms with Crippen molar-refractivity contribution in [2.24, 2.45) is 23.3 Å². The third-order valence-corrected chi connectivity index (χ3v) is 5.26. The van der Waals surface area contributed by atoms with E-state index in [9.17, 15) is 5.11 Å². The van der Waals surface area contributed by atoms with E-state index in [0.717, 1.165) is 30.8 Å². The van der Waals surface area contributed by atoms with Gasteiger partial charge < -0.3 is 35.4 Å². The lowest BCUT2D eigenvalue weighted by atomic mass is 9.68. The number of hydrogen-bond donors (Lipinski definition) is 3. The summed E-state index contributed by atoms with van der Waals surface area (Å²) in [5, 5.41) is 10.3. The van der Waals surface area contributed by atoms with Gasteiger partial charge >= 0.3 is 0 Å². The first-order chi connectivity index (χ1) is 14.0. The van der Waals surface area contributed by atoms with Crippen molar-refractivity contribution in [2.75, 3.05) is 40.7 Å². The number of benzene rings is 1. The molecular weight excluding hydrogens is 371 g/mol. The molecule has 1 aromatic carbocycles. The highest BCUT2D eigenvalue weighted by molar-refractivity contribution is 6.29. The van der Waals surface area contributed by atoms with Crippen molar-refractivity contribution in [3.05, 3.63) is 23.8 Å². The van der Waals surface area contributed by atoms with Crippen LogP contribution in [0.5, 0.6) is 11.5 Å². The molecule has 0 radical (unpaired) electrons. The van der Waals surface area contributed by atoms with Crippen LogP contribution in [0.2, 0.25) is 5.82 Å². The molecule has 0 bridgehead atoms. The summed E-state index contributed by atoms with van der Waals surface area (Å²) in [6.07, 6.45) is 1.90. The van der Waals surface area contributed by atoms with Gasteiger partial charge in [-0.1, -0.05) is 19.9 Å². The molecule has 5 N–H and O–H groups in total. The van der Waals surface area contributed by atoms with Crippen molar-refractivity contribution in [3.8, 4) is 11.5 Å². The minimum atomic E-state index is -0.599. The fraction of sp³-hybridized carbons (Fsp3) is 0.714. The monoisotopic (exact) mass is 410 g/mol. The van der Waals surface area contributed by atoms with Crippen molar-refractivity contribution in [1.29, 1.82) is 0 Å². The zero-order valence-electron chi connectivity index (χ0n) is 18.4. The molecule has 0 saturated carbocycles. The molecule has 29 heavy (non-hydrogen) atoms. The smallest absolute Gasteiger partial charge is 0.282 e. The fourth-order valence-electron chi connectivity index (χ4n) is 3.38. The molecular formula is C21H39BN2O5. The van der Waals surface area contributed by atoms with Crippen LogP contribution >= 0.6 is 0 Å². The Labute approximate surface area is 176 Å². The molecule has 166 valence electrons. The Hall–Kier alpha value is -1.32. The molecule has 8 heteroatoms. The Morgan fingerprint density at radius 2 is 1.86 bits per heavy atom. The maximum Gasteiger partial charge on any atom is 0.282 e. The lowest BCUT2D eigenvalue weighted by Crippen LogP contribution is -2.32. The molecule has 1 unspecified atom stereocenters. The molecule has 0 spiro atoms. The molecule has 1 rings (SSSR count). The van der Waals surface area contributed by atoms with Crippen LogP contribution in [0.3, 0.4) is 0 Å². The van der Waals surface area contributed by atoms with Crippen molar-refractivity contribution in [2.45, 2.75) is 45.0 Å². The highest BCUT2D eigenvalue weighted by Crippen LogP contribution is 2.33. The zero-order valence-corrected chi connectivity index (χ0v) is 18.4. The Bertz CT molecular complexity index is 562. The van der Waals surface area contributed by atoms with Crippen LogP contribution in [0, 0.1) is 11.8 Å². The van der Waals surface area contributed by atoms with Gasteiger partial charge in [-0.15, -0.1) is 0 Å². The standard InChI is InChI=1S/C21H39BN2O5/c1-15(2)17(12-18(19(25)13-23)22-29-14-24)10-16-6-7-20(27-4)21(11-16)28-9-5-8-26-3/h6-7,11,15,17-19,22,25H,5,8-10,12-14,23-24H2,1-4H3/t17?,18-,19-/m0/s1. The fourth-order valence-corrected chi connectivity index (χ4v) is 3.38. The van der Waals surface area contributed by atoms with Crippen LogP contribution in [0.15, 0.2) is 18.2 Å². The van der Waals surface area contributed by atoms with E-state index in [1.807, 2.05) is 12.1 Å². The molecule has 0 heterocycles. The summed E-state index contributed by atoms with van der Waals surface area (Å²) in [6, 6.07) is 6.06. The lowest BCUT2D eigenvalue weighted by Gasteiger charge is -2.28. The van der Waals surface area contributed by atoms with E-state index in [-0.39, 0.29) is 19.1 Å². The summed E-state index contributed by atoms with van der Waals surface area (Å²) in [4.78, 5) is 0. The van der Waals surface area contributed by atoms with Crippen LogP contribution < -0.4 is 20.9 Å². The highest BCUT2D eigenvalue weighted by atomic mass is 16.5. The average Bonchev–Trinajstić information content (AvgIpc) is 2.72. The topological polar surface area (TPSA) is 109 Å². The number of ether oxygens (including phenoxy) is 3. The Kier molecular flexibility index (Phi) is 13.0. The Morgan fingerprint density at radius 1 is 1.10 bits per heavy atom. The quantitative estimate of drug-likeness (QED) is 0.216. The molecule has 0 aliphatic heterocycles. The van der Waals surface area contributed by atoms with Crippen LogP contribution in [0.4, 0.5) is 0 Å². The first kappa shape index (κ1) is 25.7. The molecule has 7 nitrogen and oxygen atoms in total. The number of methoxy groups -OCH3 is 2. The third-order valence-electron chi connectivity index (χ3n) is 5.26. The van der Waals surface area contributed by atoms with E-state index in [4.69, 9.17) is 30.3 Å². The summed E-state index contributed by atoms with van der Waals surface area (Å²) in [5.41, 5.74) is 12.3. The second kappa shape index (κ2) is 14.6. The van der Waals surface area contributed by atoms with Gasteiger partial charge in [0.2, 0.25) is 0 Å². The first-order valence-electron chi connectivity index (χ1n) is 10.4. The summed E-state index contributed by atoms with van der Waals surface area (Å²) >= 11 is 0. The minimum absolute atomic E-state index is 0.0426. The van der Waals surface area contributed by atoms with Crippen molar-refractivity contribution >= 4 is 7.48 Å². The van der Waals surface area contributed by atoms with Gasteiger partial charge in [0, 0.05) is 26.7 Å². The van der Waals surface area contributed by atoms with Gasteiger partial charge in [0.05, 0.1) is 26.6 Å². The number of nitrogens with two attached hydrogens (primary N) is 2. The number of aliphatic hydroxyl groups is 1. The summed E-state index contributed by atoms with van der Waals surface area (Å²) in [6.45, 7) is 5.99. The molecule has 0 aliphatic rings. The van der Waals surface area contributed by atoms with Gasteiger partial charge in [0.15, 0.2) is 11.5 Å². The van der Waals surface area contributed by atoms with E-state index in [2.05, 4.69) is 19.9 Å². The van der Waals surface area contributed by atoms with Gasteiger partial charge in [-0.3, -0.25) is 0 Å². The summed E-state index contributed by atoms with van der Waals surface area (Å²) in [5.74, 6) is 2.22. The molecule has 0 amide bonds. The molecule has 0 saturated heterocycles. The maximum atomic E-state index is 10.3. The van der Waals surface area contributed by atoms with Gasteiger partial charge in [-0.25, -0.2) is 0 Å². The summed E-state index contributed by atoms with van der Waals surface area (Å²) < 4.78 is 21.8. The SMILES string of the molecule is COCCCOc1cc(CC(C[C@H](BOCN)[C@@H](O)CN)C(C)C)ccc1OC. The van der Waals surface area contributed by atoms with Crippen LogP contribution in [0.25, 0.3) is 0 Å². The van der Waals surface area contributed by atoms with Crippen LogP contribution in [0.1, 0.15) is 32.3 Å². The van der Waals surface area contributed by atoms with Crippen molar-refractivity contribution < 1.29 is 24.0 Å². The van der Waals surface area contributed by atoms with Gasteiger partial charge in [-0.05, 0) is 48.2 Å². The second-order valence-electron chi connectivity index (χ2n) is 7.72. The van der Waals surface area contributed by atoms with E-state index in [1.54, 1.807) is 14.2 Å². The van der Waals surface area contributed by atoms with Crippen molar-refractivity contribution in [3.63, 3.8) is 0 Å². The van der Waals surface area contributed by atoms with Crippen LogP contribution in [-0.4, -0.2) is 59.4 Å². The zero-order chi connectivity index (χ0) is 21.6. The van der Waals surface area contributed by atoms with Crippen LogP contribution in [-0.2, 0) is 15.8 Å². The molecule has 3 atom stereocenters. The normalized spacial score (nSPS) is 14.5. The van der Waals surface area contributed by atoms with E-state index < -0.39 is 6.10 Å². The van der Waals surface area contributed by atoms with Gasteiger partial charge in [0.25, 0.3) is 7.48 Å². The number of rotatable bonds is 16. The van der Waals surface area contributed by atoms with Gasteiger partial charge in [-0.2, -0.15) is 0 Å². The Balaban J connectivity index is 2.88. The second-order valence-corrected chi connectivity index (χ2v) is 7.72. The first-order valence-corrected chi connectivity index (χ1v) is 10.4. The molecule has 1 aromatic rings. The minimum Gasteiger partial charge on any atom is -0.493 e. The average molecular weight is 410 g/mol. The maximum absolute atomic E-state index is 10.3. The summed E-state index contributed by atoms with van der Waals surface area (Å²) in [7, 11) is 3.74. The molecule has 0 aromatic heterocycles. The van der Waals surface area contributed by atoms with Crippen molar-refractivity contribution in [1.82, 2.24) is 0 Å². The van der Waals surface area contributed by atoms with E-state index in [0.29, 0.717) is 32.5 Å². The lowest BCUT2D eigenvalue weighted by molar-refractivity contribution is 0.147. The predicted octanol–water partition coefficient (Wildman–Crippen LogP) is 1.71. The molecule has 0 aliphatic carbocycles. The van der Waals surface area contributed by atoms with Gasteiger partial charge in [0.1, 0.15) is 0 Å². The number of aliphatic hydroxyl groups excluding tert-OH is 1. The number of hydrogen-bond acceptors (Lipinski definition) is 7. The Morgan fingerprint density at radius 3 is 2.45 bits per heavy atom. The van der Waals surface area contributed by atoms with E-state index in [1.165, 1.54) is 5.56 Å². The molecule has 0 fully saturated rings. The third kappa shape index (κ3) is 9.36. The van der Waals surface area contributed by atoms with E-state index >= 15 is 0 Å². The largest absolute Gasteiger partial charge is 0.493 e. The highest BCUT2D eigenvalue weighted by Gasteiger charge is 2.26. The predicted molar refractivity (Wildman–Crippen MR) is 118 cm³/mol.